The average Bonchev–Trinajstić information content (AvgIpc) is 2.63. The Morgan fingerprint density at radius 3 is 2.28 bits per heavy atom. The maximum Gasteiger partial charge on any atom is 0.248 e. The van der Waals surface area contributed by atoms with Crippen molar-refractivity contribution in [1.82, 2.24) is 0 Å². The number of benzene rings is 2. The van der Waals surface area contributed by atoms with Crippen LogP contribution in [0, 0.1) is 13.8 Å². The molecule has 1 amide bonds. The molecule has 2 aromatic rings. The number of carbonyl (C=O) groups excluding carboxylic acids is 1. The van der Waals surface area contributed by atoms with Gasteiger partial charge < -0.3 is 14.8 Å². The molecule has 1 N–H and O–H groups in total. The van der Waals surface area contributed by atoms with E-state index in [9.17, 15) is 13.2 Å². The number of hydrogen-bond donors (Lipinski definition) is 1. The molecule has 0 bridgehead atoms. The van der Waals surface area contributed by atoms with Gasteiger partial charge in [0.1, 0.15) is 19.3 Å². The fourth-order valence-corrected chi connectivity index (χ4v) is 4.68. The predicted molar refractivity (Wildman–Crippen MR) is 113 cm³/mol. The molecule has 0 unspecified atom stereocenters. The maximum absolute atomic E-state index is 13.1. The molecule has 29 heavy (non-hydrogen) atoms. The first-order valence-corrected chi connectivity index (χ1v) is 11.3. The molecule has 0 saturated heterocycles. The predicted octanol–water partition coefficient (Wildman–Crippen LogP) is 3.26. The van der Waals surface area contributed by atoms with Crippen molar-refractivity contribution in [2.45, 2.75) is 33.2 Å². The normalized spacial score (nSPS) is 14.2. The lowest BCUT2D eigenvalue weighted by molar-refractivity contribution is -0.117. The van der Waals surface area contributed by atoms with Gasteiger partial charge in [-0.05, 0) is 55.7 Å². The number of nitrogens with one attached hydrogen (secondary N) is 1. The Bertz CT molecular complexity index is 999. The molecule has 0 spiro atoms. The van der Waals surface area contributed by atoms with Crippen molar-refractivity contribution in [1.29, 1.82) is 0 Å². The molecule has 1 aliphatic heterocycles. The second-order valence-corrected chi connectivity index (χ2v) is 9.04. The van der Waals surface area contributed by atoms with Crippen LogP contribution in [0.15, 0.2) is 36.4 Å². The van der Waals surface area contributed by atoms with Crippen molar-refractivity contribution in [3.8, 4) is 11.5 Å². The Hall–Kier alpha value is -2.74. The molecular formula is C21H26N2O5S. The van der Waals surface area contributed by atoms with E-state index in [4.69, 9.17) is 9.47 Å². The van der Waals surface area contributed by atoms with Crippen LogP contribution in [0.5, 0.6) is 11.5 Å². The van der Waals surface area contributed by atoms with E-state index in [0.717, 1.165) is 17.4 Å². The van der Waals surface area contributed by atoms with Gasteiger partial charge in [-0.3, -0.25) is 9.10 Å². The van der Waals surface area contributed by atoms with E-state index in [-0.39, 0.29) is 0 Å². The van der Waals surface area contributed by atoms with Crippen molar-refractivity contribution >= 4 is 27.3 Å². The van der Waals surface area contributed by atoms with Gasteiger partial charge in [-0.25, -0.2) is 8.42 Å². The molecule has 0 aliphatic carbocycles. The van der Waals surface area contributed by atoms with Crippen molar-refractivity contribution in [2.24, 2.45) is 0 Å². The Balaban J connectivity index is 1.91. The van der Waals surface area contributed by atoms with E-state index in [0.29, 0.717) is 42.5 Å². The van der Waals surface area contributed by atoms with E-state index in [1.807, 2.05) is 19.9 Å². The van der Waals surface area contributed by atoms with Crippen molar-refractivity contribution in [2.75, 3.05) is 29.1 Å². The summed E-state index contributed by atoms with van der Waals surface area (Å²) < 4.78 is 37.5. The number of sulfonamides is 1. The topological polar surface area (TPSA) is 84.9 Å². The van der Waals surface area contributed by atoms with Gasteiger partial charge in [0, 0.05) is 11.8 Å². The summed E-state index contributed by atoms with van der Waals surface area (Å²) in [5.41, 5.74) is 2.85. The molecule has 1 aliphatic rings. The molecule has 3 rings (SSSR count). The summed E-state index contributed by atoms with van der Waals surface area (Å²) in [5, 5.41) is 2.81. The molecule has 156 valence electrons. The molecule has 0 radical (unpaired) electrons. The number of hydrogen-bond acceptors (Lipinski definition) is 5. The molecule has 7 nitrogen and oxygen atoms in total. The number of rotatable bonds is 6. The third-order valence-electron chi connectivity index (χ3n) is 4.60. The summed E-state index contributed by atoms with van der Waals surface area (Å²) in [4.78, 5) is 13.1. The first-order chi connectivity index (χ1) is 13.7. The SMILES string of the molecule is CC[C@H](C(=O)Nc1ccc2c(c1)OCCO2)N(c1cc(C)cc(C)c1)S(C)(=O)=O. The highest BCUT2D eigenvalue weighted by molar-refractivity contribution is 7.92. The van der Waals surface area contributed by atoms with Gasteiger partial charge in [-0.1, -0.05) is 13.0 Å². The van der Waals surface area contributed by atoms with E-state index >= 15 is 0 Å². The van der Waals surface area contributed by atoms with Crippen LogP contribution in [0.1, 0.15) is 24.5 Å². The third-order valence-corrected chi connectivity index (χ3v) is 5.78. The van der Waals surface area contributed by atoms with Gasteiger partial charge in [0.05, 0.1) is 11.9 Å². The van der Waals surface area contributed by atoms with E-state index in [2.05, 4.69) is 5.32 Å². The van der Waals surface area contributed by atoms with Gasteiger partial charge in [0.2, 0.25) is 15.9 Å². The Labute approximate surface area is 171 Å². The fraction of sp³-hybridized carbons (Fsp3) is 0.381. The van der Waals surface area contributed by atoms with Gasteiger partial charge in [0.25, 0.3) is 0 Å². The lowest BCUT2D eigenvalue weighted by Crippen LogP contribution is -2.47. The van der Waals surface area contributed by atoms with Crippen LogP contribution in [0.25, 0.3) is 0 Å². The first-order valence-electron chi connectivity index (χ1n) is 9.47. The van der Waals surface area contributed by atoms with Crippen LogP contribution < -0.4 is 19.1 Å². The summed E-state index contributed by atoms with van der Waals surface area (Å²) in [6.45, 7) is 6.50. The molecule has 8 heteroatoms. The lowest BCUT2D eigenvalue weighted by Gasteiger charge is -2.30. The van der Waals surface area contributed by atoms with Crippen molar-refractivity contribution in [3.63, 3.8) is 0 Å². The monoisotopic (exact) mass is 418 g/mol. The maximum atomic E-state index is 13.1. The number of aryl methyl sites for hydroxylation is 2. The fourth-order valence-electron chi connectivity index (χ4n) is 3.48. The van der Waals surface area contributed by atoms with Gasteiger partial charge in [0.15, 0.2) is 11.5 Å². The molecule has 1 heterocycles. The van der Waals surface area contributed by atoms with Crippen LogP contribution in [-0.4, -0.2) is 39.8 Å². The highest BCUT2D eigenvalue weighted by Gasteiger charge is 2.32. The van der Waals surface area contributed by atoms with E-state index in [1.54, 1.807) is 37.3 Å². The standard InChI is InChI=1S/C21H26N2O5S/c1-5-18(23(29(4,25)26)17-11-14(2)10-15(3)12-17)21(24)22-16-6-7-19-20(13-16)28-9-8-27-19/h6-7,10-13,18H,5,8-9H2,1-4H3,(H,22,24)/t18-/m1/s1. The van der Waals surface area contributed by atoms with Gasteiger partial charge >= 0.3 is 0 Å². The van der Waals surface area contributed by atoms with Crippen molar-refractivity contribution in [3.05, 3.63) is 47.5 Å². The summed E-state index contributed by atoms with van der Waals surface area (Å²) >= 11 is 0. The number of carbonyl (C=O) groups is 1. The smallest absolute Gasteiger partial charge is 0.248 e. The van der Waals surface area contributed by atoms with Crippen LogP contribution in [0.4, 0.5) is 11.4 Å². The van der Waals surface area contributed by atoms with E-state index < -0.39 is 22.0 Å². The molecule has 2 aromatic carbocycles. The zero-order valence-corrected chi connectivity index (χ0v) is 17.9. The number of amides is 1. The number of fused-ring (bicyclic) bond motifs is 1. The van der Waals surface area contributed by atoms with Crippen LogP contribution >= 0.6 is 0 Å². The second-order valence-electron chi connectivity index (χ2n) is 7.18. The van der Waals surface area contributed by atoms with Crippen LogP contribution in [0.3, 0.4) is 0 Å². The Kier molecular flexibility index (Phi) is 6.02. The quantitative estimate of drug-likeness (QED) is 0.778. The largest absolute Gasteiger partial charge is 0.486 e. The lowest BCUT2D eigenvalue weighted by atomic mass is 10.1. The van der Waals surface area contributed by atoms with Gasteiger partial charge in [-0.15, -0.1) is 0 Å². The average molecular weight is 419 g/mol. The minimum atomic E-state index is -3.69. The zero-order valence-electron chi connectivity index (χ0n) is 17.1. The highest BCUT2D eigenvalue weighted by Crippen LogP contribution is 2.33. The molecule has 0 fully saturated rings. The minimum Gasteiger partial charge on any atom is -0.486 e. The zero-order chi connectivity index (χ0) is 21.2. The number of anilines is 2. The summed E-state index contributed by atoms with van der Waals surface area (Å²) in [6.07, 6.45) is 1.43. The summed E-state index contributed by atoms with van der Waals surface area (Å²) in [6, 6.07) is 9.73. The first kappa shape index (κ1) is 21.0. The van der Waals surface area contributed by atoms with Crippen molar-refractivity contribution < 1.29 is 22.7 Å². The van der Waals surface area contributed by atoms with Crippen LogP contribution in [-0.2, 0) is 14.8 Å². The number of nitrogens with zero attached hydrogens (tertiary/aromatic N) is 1. The Morgan fingerprint density at radius 1 is 1.07 bits per heavy atom. The highest BCUT2D eigenvalue weighted by atomic mass is 32.2. The molecular weight excluding hydrogens is 392 g/mol. The third kappa shape index (κ3) is 4.82. The summed E-state index contributed by atoms with van der Waals surface area (Å²) in [5.74, 6) is 0.763. The number of ether oxygens (including phenoxy) is 2. The second kappa shape index (κ2) is 8.32. The molecule has 0 saturated carbocycles. The minimum absolute atomic E-state index is 0.316. The van der Waals surface area contributed by atoms with E-state index in [1.165, 1.54) is 4.31 Å². The molecule has 1 atom stereocenters. The van der Waals surface area contributed by atoms with Crippen LogP contribution in [0.2, 0.25) is 0 Å². The van der Waals surface area contributed by atoms with Gasteiger partial charge in [-0.2, -0.15) is 0 Å². The summed E-state index contributed by atoms with van der Waals surface area (Å²) in [7, 11) is -3.69. The molecule has 0 aromatic heterocycles. The Morgan fingerprint density at radius 2 is 1.69 bits per heavy atom.